The summed E-state index contributed by atoms with van der Waals surface area (Å²) < 4.78 is 10.7. The van der Waals surface area contributed by atoms with E-state index in [9.17, 15) is 9.59 Å². The Kier molecular flexibility index (Phi) is 6.28. The van der Waals surface area contributed by atoms with Gasteiger partial charge in [0, 0.05) is 28.6 Å². The second-order valence-electron chi connectivity index (χ2n) is 6.37. The van der Waals surface area contributed by atoms with E-state index in [1.54, 1.807) is 40.2 Å². The van der Waals surface area contributed by atoms with E-state index in [-0.39, 0.29) is 17.9 Å². The number of ether oxygens (including phenoxy) is 2. The van der Waals surface area contributed by atoms with Crippen molar-refractivity contribution in [3.63, 3.8) is 0 Å². The van der Waals surface area contributed by atoms with Gasteiger partial charge in [0.25, 0.3) is 5.56 Å². The maximum atomic E-state index is 12.3. The zero-order valence-corrected chi connectivity index (χ0v) is 17.5. The van der Waals surface area contributed by atoms with Crippen LogP contribution in [0.4, 0.5) is 5.13 Å². The number of aromatic nitrogens is 3. The second-order valence-corrected chi connectivity index (χ2v) is 7.23. The van der Waals surface area contributed by atoms with Gasteiger partial charge in [0.1, 0.15) is 17.3 Å². The lowest BCUT2D eigenvalue weighted by Gasteiger charge is -2.08. The van der Waals surface area contributed by atoms with Crippen LogP contribution in [0.25, 0.3) is 11.3 Å². The minimum Gasteiger partial charge on any atom is -0.497 e. The van der Waals surface area contributed by atoms with Crippen molar-refractivity contribution < 1.29 is 14.3 Å². The normalized spacial score (nSPS) is 10.6. The fourth-order valence-electron chi connectivity index (χ4n) is 2.93. The van der Waals surface area contributed by atoms with Crippen LogP contribution in [0.15, 0.2) is 28.4 Å². The molecule has 1 aromatic carbocycles. The van der Waals surface area contributed by atoms with Gasteiger partial charge in [-0.15, -0.1) is 11.3 Å². The first-order valence-corrected chi connectivity index (χ1v) is 9.83. The first-order valence-electron chi connectivity index (χ1n) is 8.95. The third kappa shape index (κ3) is 4.80. The topological polar surface area (TPSA) is 106 Å². The Bertz CT molecular complexity index is 1090. The molecule has 0 spiro atoms. The van der Waals surface area contributed by atoms with Crippen molar-refractivity contribution in [2.75, 3.05) is 19.5 Å². The van der Waals surface area contributed by atoms with E-state index >= 15 is 0 Å². The summed E-state index contributed by atoms with van der Waals surface area (Å²) in [6.07, 6.45) is 0.467. The molecule has 0 fully saturated rings. The zero-order chi connectivity index (χ0) is 21.0. The van der Waals surface area contributed by atoms with Crippen LogP contribution in [0.3, 0.4) is 0 Å². The number of H-pyrrole nitrogens is 1. The van der Waals surface area contributed by atoms with Gasteiger partial charge in [-0.3, -0.25) is 9.59 Å². The number of anilines is 1. The number of carbonyl (C=O) groups is 1. The van der Waals surface area contributed by atoms with Crippen LogP contribution < -0.4 is 20.3 Å². The lowest BCUT2D eigenvalue weighted by molar-refractivity contribution is -0.116. The van der Waals surface area contributed by atoms with Crippen molar-refractivity contribution in [3.8, 4) is 22.8 Å². The first kappa shape index (κ1) is 20.5. The van der Waals surface area contributed by atoms with Gasteiger partial charge in [-0.1, -0.05) is 0 Å². The molecule has 3 rings (SSSR count). The van der Waals surface area contributed by atoms with E-state index in [0.717, 1.165) is 5.56 Å². The SMILES string of the molecule is COc1ccc(OC)c(-c2csc(NC(=O)CCc3c(C)nc(C)[nH]c3=O)n2)c1. The number of hydrogen-bond acceptors (Lipinski definition) is 7. The summed E-state index contributed by atoms with van der Waals surface area (Å²) in [5, 5.41) is 5.10. The number of benzene rings is 1. The van der Waals surface area contributed by atoms with E-state index in [1.807, 2.05) is 11.4 Å². The molecule has 0 bridgehead atoms. The molecule has 2 N–H and O–H groups in total. The summed E-state index contributed by atoms with van der Waals surface area (Å²) in [6.45, 7) is 3.49. The van der Waals surface area contributed by atoms with Crippen molar-refractivity contribution in [1.82, 2.24) is 15.0 Å². The minimum absolute atomic E-state index is 0.159. The van der Waals surface area contributed by atoms with Crippen LogP contribution in [-0.2, 0) is 11.2 Å². The molecule has 2 heterocycles. The summed E-state index contributed by atoms with van der Waals surface area (Å²) in [7, 11) is 3.18. The Balaban J connectivity index is 1.69. The van der Waals surface area contributed by atoms with Crippen LogP contribution in [0.1, 0.15) is 23.5 Å². The quantitative estimate of drug-likeness (QED) is 0.615. The maximum Gasteiger partial charge on any atom is 0.254 e. The molecule has 2 aromatic heterocycles. The zero-order valence-electron chi connectivity index (χ0n) is 16.7. The molecule has 0 aliphatic carbocycles. The Morgan fingerprint density at radius 2 is 2.00 bits per heavy atom. The predicted molar refractivity (Wildman–Crippen MR) is 112 cm³/mol. The van der Waals surface area contributed by atoms with Gasteiger partial charge in [0.2, 0.25) is 5.91 Å². The average molecular weight is 414 g/mol. The third-order valence-corrected chi connectivity index (χ3v) is 5.13. The van der Waals surface area contributed by atoms with Crippen molar-refractivity contribution >= 4 is 22.4 Å². The van der Waals surface area contributed by atoms with Gasteiger partial charge in [-0.2, -0.15) is 0 Å². The van der Waals surface area contributed by atoms with Gasteiger partial charge < -0.3 is 19.8 Å². The summed E-state index contributed by atoms with van der Waals surface area (Å²) >= 11 is 1.32. The maximum absolute atomic E-state index is 12.3. The molecule has 0 saturated carbocycles. The highest BCUT2D eigenvalue weighted by Gasteiger charge is 2.14. The summed E-state index contributed by atoms with van der Waals surface area (Å²) in [5.41, 5.74) is 2.41. The number of methoxy groups -OCH3 is 2. The number of hydrogen-bond donors (Lipinski definition) is 2. The van der Waals surface area contributed by atoms with Crippen molar-refractivity contribution in [2.45, 2.75) is 26.7 Å². The number of rotatable bonds is 7. The Hall–Kier alpha value is -3.20. The molecule has 29 heavy (non-hydrogen) atoms. The number of carbonyl (C=O) groups excluding carboxylic acids is 1. The van der Waals surface area contributed by atoms with Crippen molar-refractivity contribution in [1.29, 1.82) is 0 Å². The highest BCUT2D eigenvalue weighted by atomic mass is 32.1. The van der Waals surface area contributed by atoms with Crippen molar-refractivity contribution in [2.24, 2.45) is 0 Å². The summed E-state index contributed by atoms with van der Waals surface area (Å²) in [6, 6.07) is 5.45. The molecule has 0 radical (unpaired) electrons. The molecular weight excluding hydrogens is 392 g/mol. The smallest absolute Gasteiger partial charge is 0.254 e. The molecule has 0 aliphatic rings. The van der Waals surface area contributed by atoms with Gasteiger partial charge in [0.15, 0.2) is 5.13 Å². The van der Waals surface area contributed by atoms with Crippen LogP contribution >= 0.6 is 11.3 Å². The lowest BCUT2D eigenvalue weighted by atomic mass is 10.1. The molecule has 8 nitrogen and oxygen atoms in total. The van der Waals surface area contributed by atoms with E-state index < -0.39 is 0 Å². The van der Waals surface area contributed by atoms with Crippen molar-refractivity contribution in [3.05, 3.63) is 51.0 Å². The van der Waals surface area contributed by atoms with Crippen LogP contribution in [0.2, 0.25) is 0 Å². The first-order chi connectivity index (χ1) is 13.9. The largest absolute Gasteiger partial charge is 0.497 e. The molecule has 0 atom stereocenters. The number of nitrogens with zero attached hydrogens (tertiary/aromatic N) is 2. The van der Waals surface area contributed by atoms with Crippen LogP contribution in [0.5, 0.6) is 11.5 Å². The molecular formula is C20H22N4O4S. The van der Waals surface area contributed by atoms with Gasteiger partial charge in [-0.05, 0) is 38.5 Å². The second kappa shape index (κ2) is 8.87. The number of aryl methyl sites for hydroxylation is 2. The minimum atomic E-state index is -0.220. The summed E-state index contributed by atoms with van der Waals surface area (Å²) in [5.74, 6) is 1.69. The number of nitrogens with one attached hydrogen (secondary N) is 2. The highest BCUT2D eigenvalue weighted by Crippen LogP contribution is 2.35. The van der Waals surface area contributed by atoms with Gasteiger partial charge in [-0.25, -0.2) is 9.97 Å². The average Bonchev–Trinajstić information content (AvgIpc) is 3.14. The molecule has 0 aliphatic heterocycles. The van der Waals surface area contributed by atoms with Crippen LogP contribution in [-0.4, -0.2) is 35.1 Å². The molecule has 3 aromatic rings. The van der Waals surface area contributed by atoms with Gasteiger partial charge in [0.05, 0.1) is 19.9 Å². The summed E-state index contributed by atoms with van der Waals surface area (Å²) in [4.78, 5) is 35.8. The highest BCUT2D eigenvalue weighted by molar-refractivity contribution is 7.14. The number of aromatic amines is 1. The molecule has 1 amide bonds. The Morgan fingerprint density at radius 1 is 1.21 bits per heavy atom. The number of thiazole rings is 1. The number of amides is 1. The standard InChI is InChI=1S/C20H22N4O4S/c1-11-14(19(26)22-12(2)21-11)6-8-18(25)24-20-23-16(10-29-20)15-9-13(27-3)5-7-17(15)28-4/h5,7,9-10H,6,8H2,1-4H3,(H,21,22,26)(H,23,24,25). The van der Waals surface area contributed by atoms with Gasteiger partial charge >= 0.3 is 0 Å². The van der Waals surface area contributed by atoms with E-state index in [2.05, 4.69) is 20.3 Å². The van der Waals surface area contributed by atoms with E-state index in [1.165, 1.54) is 11.3 Å². The Morgan fingerprint density at radius 3 is 2.69 bits per heavy atom. The molecule has 0 unspecified atom stereocenters. The third-order valence-electron chi connectivity index (χ3n) is 4.38. The predicted octanol–water partition coefficient (Wildman–Crippen LogP) is 3.10. The molecule has 0 saturated heterocycles. The van der Waals surface area contributed by atoms with E-state index in [4.69, 9.17) is 9.47 Å². The lowest BCUT2D eigenvalue weighted by Crippen LogP contribution is -2.20. The molecule has 9 heteroatoms. The van der Waals surface area contributed by atoms with Crippen LogP contribution in [0, 0.1) is 13.8 Å². The van der Waals surface area contributed by atoms with E-state index in [0.29, 0.717) is 45.8 Å². The fraction of sp³-hybridized carbons (Fsp3) is 0.300. The molecule has 152 valence electrons. The Labute approximate surface area is 171 Å². The monoisotopic (exact) mass is 414 g/mol. The fourth-order valence-corrected chi connectivity index (χ4v) is 3.66.